The van der Waals surface area contributed by atoms with E-state index in [1.165, 1.54) is 5.69 Å². The van der Waals surface area contributed by atoms with Crippen molar-refractivity contribution in [2.24, 2.45) is 0 Å². The van der Waals surface area contributed by atoms with Crippen LogP contribution in [0.1, 0.15) is 43.4 Å². The van der Waals surface area contributed by atoms with Crippen LogP contribution in [0.15, 0.2) is 42.7 Å². The molecule has 0 aliphatic carbocycles. The van der Waals surface area contributed by atoms with Crippen LogP contribution in [0.25, 0.3) is 0 Å². The number of nitrogens with one attached hydrogen (secondary N) is 1. The van der Waals surface area contributed by atoms with Crippen LogP contribution >= 0.6 is 12.2 Å². The molecule has 2 unspecified atom stereocenters. The standard InChI is InChI=1S/C21H29N5OS/c1-16(2)25-9-5-7-18(25)20-19(17-6-3-4-8-22-17)23-21(28)26(20)11-10-24-12-14-27-15-13-24/h3-9,16,19-20H,10-15H2,1-2H3,(H,23,28). The molecule has 0 aromatic carbocycles. The number of thiocarbonyl (C=S) groups is 1. The summed E-state index contributed by atoms with van der Waals surface area (Å²) in [5.41, 5.74) is 2.31. The fraction of sp³-hybridized carbons (Fsp3) is 0.524. The third kappa shape index (κ3) is 3.92. The van der Waals surface area contributed by atoms with Crippen molar-refractivity contribution in [2.75, 3.05) is 39.4 Å². The fourth-order valence-corrected chi connectivity index (χ4v) is 4.50. The van der Waals surface area contributed by atoms with E-state index < -0.39 is 0 Å². The topological polar surface area (TPSA) is 45.6 Å². The summed E-state index contributed by atoms with van der Waals surface area (Å²) in [5.74, 6) is 0. The van der Waals surface area contributed by atoms with Gasteiger partial charge in [-0.15, -0.1) is 0 Å². The van der Waals surface area contributed by atoms with Gasteiger partial charge in [0, 0.05) is 50.3 Å². The van der Waals surface area contributed by atoms with Gasteiger partial charge in [0.1, 0.15) is 0 Å². The molecule has 0 spiro atoms. The van der Waals surface area contributed by atoms with E-state index in [1.54, 1.807) is 0 Å². The van der Waals surface area contributed by atoms with E-state index in [1.807, 2.05) is 18.3 Å². The van der Waals surface area contributed by atoms with Gasteiger partial charge in [0.05, 0.1) is 31.0 Å². The average molecular weight is 400 g/mol. The highest BCUT2D eigenvalue weighted by Gasteiger charge is 2.41. The Morgan fingerprint density at radius 1 is 1.18 bits per heavy atom. The molecule has 4 rings (SSSR count). The Bertz CT molecular complexity index is 787. The zero-order chi connectivity index (χ0) is 19.5. The molecule has 2 fully saturated rings. The molecule has 0 radical (unpaired) electrons. The van der Waals surface area contributed by atoms with Gasteiger partial charge in [-0.2, -0.15) is 0 Å². The first-order valence-electron chi connectivity index (χ1n) is 10.1. The van der Waals surface area contributed by atoms with Crippen molar-refractivity contribution in [3.05, 3.63) is 54.1 Å². The Morgan fingerprint density at radius 3 is 2.71 bits per heavy atom. The van der Waals surface area contributed by atoms with E-state index in [2.05, 4.69) is 62.9 Å². The minimum Gasteiger partial charge on any atom is -0.379 e. The molecule has 28 heavy (non-hydrogen) atoms. The number of pyridine rings is 1. The summed E-state index contributed by atoms with van der Waals surface area (Å²) in [5, 5.41) is 4.36. The van der Waals surface area contributed by atoms with Crippen molar-refractivity contribution in [3.8, 4) is 0 Å². The minimum atomic E-state index is 0.0470. The zero-order valence-electron chi connectivity index (χ0n) is 16.6. The van der Waals surface area contributed by atoms with E-state index >= 15 is 0 Å². The summed E-state index contributed by atoms with van der Waals surface area (Å²) >= 11 is 5.78. The number of hydrogen-bond acceptors (Lipinski definition) is 4. The number of morpholine rings is 1. The Labute approximate surface area is 172 Å². The Hall–Kier alpha value is -1.96. The third-order valence-electron chi connectivity index (χ3n) is 5.63. The van der Waals surface area contributed by atoms with Gasteiger partial charge in [-0.1, -0.05) is 6.07 Å². The molecular weight excluding hydrogens is 370 g/mol. The predicted octanol–water partition coefficient (Wildman–Crippen LogP) is 2.77. The molecule has 0 saturated carbocycles. The molecule has 1 N–H and O–H groups in total. The van der Waals surface area contributed by atoms with E-state index in [4.69, 9.17) is 17.0 Å². The lowest BCUT2D eigenvalue weighted by atomic mass is 10.0. The smallest absolute Gasteiger partial charge is 0.170 e. The summed E-state index contributed by atoms with van der Waals surface area (Å²) in [7, 11) is 0. The molecule has 2 aliphatic rings. The molecular formula is C21H29N5OS. The summed E-state index contributed by atoms with van der Waals surface area (Å²) < 4.78 is 7.83. The van der Waals surface area contributed by atoms with Crippen LogP contribution < -0.4 is 5.32 Å². The van der Waals surface area contributed by atoms with Gasteiger partial charge in [0.2, 0.25) is 0 Å². The van der Waals surface area contributed by atoms with Crippen LogP contribution in [0, 0.1) is 0 Å². The lowest BCUT2D eigenvalue weighted by Gasteiger charge is -2.33. The van der Waals surface area contributed by atoms with E-state index in [9.17, 15) is 0 Å². The molecule has 0 bridgehead atoms. The van der Waals surface area contributed by atoms with Crippen molar-refractivity contribution in [1.29, 1.82) is 0 Å². The highest BCUT2D eigenvalue weighted by atomic mass is 32.1. The van der Waals surface area contributed by atoms with Gasteiger partial charge < -0.3 is 19.5 Å². The number of nitrogens with zero attached hydrogens (tertiary/aromatic N) is 4. The van der Waals surface area contributed by atoms with E-state index in [0.29, 0.717) is 6.04 Å². The first kappa shape index (κ1) is 19.4. The largest absolute Gasteiger partial charge is 0.379 e. The minimum absolute atomic E-state index is 0.0470. The summed E-state index contributed by atoms with van der Waals surface area (Å²) in [6, 6.07) is 11.0. The molecule has 2 aromatic heterocycles. The van der Waals surface area contributed by atoms with Gasteiger partial charge in [-0.3, -0.25) is 9.88 Å². The van der Waals surface area contributed by atoms with E-state index in [-0.39, 0.29) is 12.1 Å². The van der Waals surface area contributed by atoms with Gasteiger partial charge in [-0.25, -0.2) is 0 Å². The number of ether oxygens (including phenoxy) is 1. The first-order chi connectivity index (χ1) is 13.6. The average Bonchev–Trinajstić information content (AvgIpc) is 3.32. The molecule has 4 heterocycles. The molecule has 150 valence electrons. The number of rotatable bonds is 6. The second-order valence-corrected chi connectivity index (χ2v) is 8.09. The van der Waals surface area contributed by atoms with Crippen LogP contribution in [0.4, 0.5) is 0 Å². The summed E-state index contributed by atoms with van der Waals surface area (Å²) in [6.45, 7) is 9.94. The van der Waals surface area contributed by atoms with Crippen LogP contribution in [0.3, 0.4) is 0 Å². The molecule has 2 aliphatic heterocycles. The third-order valence-corrected chi connectivity index (χ3v) is 5.98. The monoisotopic (exact) mass is 399 g/mol. The molecule has 7 heteroatoms. The molecule has 0 amide bonds. The van der Waals surface area contributed by atoms with Gasteiger partial charge in [-0.05, 0) is 50.3 Å². The normalized spacial score (nSPS) is 23.4. The second-order valence-electron chi connectivity index (χ2n) is 7.71. The summed E-state index contributed by atoms with van der Waals surface area (Å²) in [6.07, 6.45) is 4.02. The lowest BCUT2D eigenvalue weighted by molar-refractivity contribution is 0.0349. The Morgan fingerprint density at radius 2 is 2.00 bits per heavy atom. The van der Waals surface area contributed by atoms with Crippen LogP contribution in [0.5, 0.6) is 0 Å². The molecule has 2 atom stereocenters. The predicted molar refractivity (Wildman–Crippen MR) is 114 cm³/mol. The maximum Gasteiger partial charge on any atom is 0.170 e. The maximum atomic E-state index is 5.78. The highest BCUT2D eigenvalue weighted by molar-refractivity contribution is 7.80. The highest BCUT2D eigenvalue weighted by Crippen LogP contribution is 2.39. The van der Waals surface area contributed by atoms with E-state index in [0.717, 1.165) is 50.2 Å². The summed E-state index contributed by atoms with van der Waals surface area (Å²) in [4.78, 5) is 9.43. The molecule has 2 saturated heterocycles. The van der Waals surface area contributed by atoms with Crippen molar-refractivity contribution in [1.82, 2.24) is 24.7 Å². The van der Waals surface area contributed by atoms with Gasteiger partial charge in [0.15, 0.2) is 5.11 Å². The zero-order valence-corrected chi connectivity index (χ0v) is 17.4. The molecule has 2 aromatic rings. The van der Waals surface area contributed by atoms with Crippen molar-refractivity contribution in [2.45, 2.75) is 32.0 Å². The first-order valence-corrected chi connectivity index (χ1v) is 10.5. The second kappa shape index (κ2) is 8.59. The van der Waals surface area contributed by atoms with Gasteiger partial charge in [0.25, 0.3) is 0 Å². The van der Waals surface area contributed by atoms with Crippen molar-refractivity contribution in [3.63, 3.8) is 0 Å². The van der Waals surface area contributed by atoms with Crippen molar-refractivity contribution < 1.29 is 4.74 Å². The fourth-order valence-electron chi connectivity index (χ4n) is 4.17. The van der Waals surface area contributed by atoms with Crippen LogP contribution in [0.2, 0.25) is 0 Å². The van der Waals surface area contributed by atoms with Crippen LogP contribution in [-0.2, 0) is 4.74 Å². The Kier molecular flexibility index (Phi) is 5.94. The maximum absolute atomic E-state index is 5.78. The lowest BCUT2D eigenvalue weighted by Crippen LogP contribution is -2.42. The Balaban J connectivity index is 1.63. The number of aromatic nitrogens is 2. The SMILES string of the molecule is CC(C)n1cccc1C1C(c2ccccn2)NC(=S)N1CCN1CCOCC1. The van der Waals surface area contributed by atoms with Crippen LogP contribution in [-0.4, -0.2) is 63.9 Å². The molecule has 6 nitrogen and oxygen atoms in total. The van der Waals surface area contributed by atoms with Crippen molar-refractivity contribution >= 4 is 17.3 Å². The number of hydrogen-bond donors (Lipinski definition) is 1. The quantitative estimate of drug-likeness (QED) is 0.754. The van der Waals surface area contributed by atoms with Gasteiger partial charge >= 0.3 is 0 Å².